The highest BCUT2D eigenvalue weighted by molar-refractivity contribution is 7.18. The Kier molecular flexibility index (Phi) is 4.62. The summed E-state index contributed by atoms with van der Waals surface area (Å²) in [5.41, 5.74) is 1.79. The minimum atomic E-state index is 0.0156. The van der Waals surface area contributed by atoms with E-state index in [0.717, 1.165) is 41.3 Å². The van der Waals surface area contributed by atoms with E-state index in [2.05, 4.69) is 23.5 Å². The Morgan fingerprint density at radius 1 is 1.18 bits per heavy atom. The average molecular weight is 396 g/mol. The summed E-state index contributed by atoms with van der Waals surface area (Å²) in [6, 6.07) is 14.0. The predicted octanol–water partition coefficient (Wildman–Crippen LogP) is 2.77. The highest BCUT2D eigenvalue weighted by Crippen LogP contribution is 2.34. The van der Waals surface area contributed by atoms with E-state index in [1.54, 1.807) is 11.3 Å². The summed E-state index contributed by atoms with van der Waals surface area (Å²) in [6.45, 7) is 1.67. The van der Waals surface area contributed by atoms with Gasteiger partial charge >= 0.3 is 0 Å². The molecule has 144 valence electrons. The summed E-state index contributed by atoms with van der Waals surface area (Å²) < 4.78 is 11.9. The van der Waals surface area contributed by atoms with Gasteiger partial charge in [-0.2, -0.15) is 0 Å². The first-order valence-electron chi connectivity index (χ1n) is 9.66. The number of para-hydroxylation sites is 1. The Morgan fingerprint density at radius 2 is 2.07 bits per heavy atom. The molecule has 28 heavy (non-hydrogen) atoms. The van der Waals surface area contributed by atoms with Crippen molar-refractivity contribution in [2.45, 2.75) is 25.3 Å². The fourth-order valence-corrected chi connectivity index (χ4v) is 5.17. The second-order valence-electron chi connectivity index (χ2n) is 7.27. The first-order chi connectivity index (χ1) is 13.8. The molecule has 1 fully saturated rings. The van der Waals surface area contributed by atoms with Gasteiger partial charge in [0.15, 0.2) is 23.1 Å². The van der Waals surface area contributed by atoms with Crippen LogP contribution in [0.15, 0.2) is 42.5 Å². The molecule has 1 amide bonds. The number of quaternary nitrogens is 1. The molecule has 5 rings (SSSR count). The SMILES string of the molecule is O=C(C[NH+]1CCCC[C@@H]1c1nc2ccccc2s1)Nc1ccc2c(c1)OCO2. The quantitative estimate of drug-likeness (QED) is 0.712. The van der Waals surface area contributed by atoms with E-state index in [1.807, 2.05) is 24.3 Å². The maximum absolute atomic E-state index is 12.7. The third-order valence-electron chi connectivity index (χ3n) is 5.39. The van der Waals surface area contributed by atoms with Crippen LogP contribution in [0.1, 0.15) is 30.3 Å². The van der Waals surface area contributed by atoms with Crippen molar-refractivity contribution in [3.8, 4) is 11.5 Å². The topological polar surface area (TPSA) is 64.9 Å². The molecule has 2 aliphatic rings. The number of thiazole rings is 1. The van der Waals surface area contributed by atoms with Gasteiger partial charge in [0.05, 0.1) is 16.8 Å². The molecule has 2 aromatic carbocycles. The van der Waals surface area contributed by atoms with Crippen LogP contribution in [-0.4, -0.2) is 30.8 Å². The van der Waals surface area contributed by atoms with Crippen molar-refractivity contribution in [2.24, 2.45) is 0 Å². The molecule has 0 bridgehead atoms. The van der Waals surface area contributed by atoms with E-state index in [1.165, 1.54) is 16.0 Å². The van der Waals surface area contributed by atoms with Crippen molar-refractivity contribution in [1.29, 1.82) is 0 Å². The van der Waals surface area contributed by atoms with Gasteiger partial charge in [0, 0.05) is 18.2 Å². The third-order valence-corrected chi connectivity index (χ3v) is 6.54. The number of nitrogens with one attached hydrogen (secondary N) is 2. The molecule has 6 nitrogen and oxygen atoms in total. The fourth-order valence-electron chi connectivity index (χ4n) is 4.01. The molecular weight excluding hydrogens is 374 g/mol. The van der Waals surface area contributed by atoms with Gasteiger partial charge < -0.3 is 19.7 Å². The van der Waals surface area contributed by atoms with Gasteiger partial charge in [-0.3, -0.25) is 4.79 Å². The zero-order chi connectivity index (χ0) is 18.9. The Morgan fingerprint density at radius 3 is 3.00 bits per heavy atom. The first-order valence-corrected chi connectivity index (χ1v) is 10.5. The number of ether oxygens (including phenoxy) is 2. The number of hydrogen-bond donors (Lipinski definition) is 2. The van der Waals surface area contributed by atoms with Crippen molar-refractivity contribution in [1.82, 2.24) is 4.98 Å². The van der Waals surface area contributed by atoms with Crippen LogP contribution in [0.3, 0.4) is 0 Å². The molecule has 1 unspecified atom stereocenters. The average Bonchev–Trinajstić information content (AvgIpc) is 3.34. The molecule has 1 aromatic heterocycles. The Balaban J connectivity index is 1.30. The van der Waals surface area contributed by atoms with Crippen molar-refractivity contribution < 1.29 is 19.2 Å². The van der Waals surface area contributed by atoms with Crippen LogP contribution in [0.25, 0.3) is 10.2 Å². The minimum Gasteiger partial charge on any atom is -0.454 e. The molecule has 1 saturated heterocycles. The predicted molar refractivity (Wildman–Crippen MR) is 108 cm³/mol. The van der Waals surface area contributed by atoms with Crippen LogP contribution in [0, 0.1) is 0 Å². The summed E-state index contributed by atoms with van der Waals surface area (Å²) in [6.07, 6.45) is 3.41. The summed E-state index contributed by atoms with van der Waals surface area (Å²) in [5.74, 6) is 1.41. The van der Waals surface area contributed by atoms with Crippen LogP contribution >= 0.6 is 11.3 Å². The van der Waals surface area contributed by atoms with Gasteiger partial charge in [0.25, 0.3) is 5.91 Å². The largest absolute Gasteiger partial charge is 0.454 e. The third kappa shape index (κ3) is 3.43. The lowest BCUT2D eigenvalue weighted by Gasteiger charge is -2.30. The monoisotopic (exact) mass is 396 g/mol. The highest BCUT2D eigenvalue weighted by Gasteiger charge is 2.32. The van der Waals surface area contributed by atoms with E-state index in [0.29, 0.717) is 12.3 Å². The molecule has 3 heterocycles. The zero-order valence-electron chi connectivity index (χ0n) is 15.4. The maximum atomic E-state index is 12.7. The number of amides is 1. The van der Waals surface area contributed by atoms with E-state index in [9.17, 15) is 4.79 Å². The molecular formula is C21H22N3O3S+. The van der Waals surface area contributed by atoms with Gasteiger partial charge in [-0.25, -0.2) is 4.98 Å². The van der Waals surface area contributed by atoms with Crippen LogP contribution in [0.4, 0.5) is 5.69 Å². The molecule has 0 saturated carbocycles. The standard InChI is InChI=1S/C21H21N3O3S/c25-20(22-14-8-9-17-18(11-14)27-13-26-17)12-24-10-4-3-6-16(24)21-23-15-5-1-2-7-19(15)28-21/h1-2,5,7-9,11,16H,3-4,6,10,12-13H2,(H,22,25)/p+1/t16-/m1/s1. The minimum absolute atomic E-state index is 0.0156. The Hall–Kier alpha value is -2.64. The number of piperidine rings is 1. The summed E-state index contributed by atoms with van der Waals surface area (Å²) in [7, 11) is 0. The fraction of sp³-hybridized carbons (Fsp3) is 0.333. The molecule has 0 radical (unpaired) electrons. The molecule has 2 atom stereocenters. The first kappa shape index (κ1) is 17.5. The molecule has 2 aliphatic heterocycles. The van der Waals surface area contributed by atoms with Gasteiger partial charge in [0.1, 0.15) is 6.04 Å². The van der Waals surface area contributed by atoms with Crippen LogP contribution in [0.2, 0.25) is 0 Å². The number of carbonyl (C=O) groups excluding carboxylic acids is 1. The lowest BCUT2D eigenvalue weighted by atomic mass is 10.0. The Labute approximate surface area is 167 Å². The van der Waals surface area contributed by atoms with Gasteiger partial charge in [0.2, 0.25) is 6.79 Å². The van der Waals surface area contributed by atoms with E-state index in [4.69, 9.17) is 14.5 Å². The number of fused-ring (bicyclic) bond motifs is 2. The van der Waals surface area contributed by atoms with Crippen molar-refractivity contribution in [3.63, 3.8) is 0 Å². The van der Waals surface area contributed by atoms with E-state index >= 15 is 0 Å². The summed E-state index contributed by atoms with van der Waals surface area (Å²) >= 11 is 1.76. The normalized spacial score (nSPS) is 21.0. The lowest BCUT2D eigenvalue weighted by Crippen LogP contribution is -3.14. The van der Waals surface area contributed by atoms with Crippen molar-refractivity contribution >= 4 is 33.1 Å². The number of anilines is 1. The van der Waals surface area contributed by atoms with Crippen molar-refractivity contribution in [3.05, 3.63) is 47.5 Å². The number of rotatable bonds is 4. The molecule has 3 aromatic rings. The molecule has 7 heteroatoms. The number of likely N-dealkylation sites (tertiary alicyclic amines) is 1. The van der Waals surface area contributed by atoms with Crippen LogP contribution in [-0.2, 0) is 4.79 Å². The number of nitrogens with zero attached hydrogens (tertiary/aromatic N) is 1. The number of hydrogen-bond acceptors (Lipinski definition) is 5. The zero-order valence-corrected chi connectivity index (χ0v) is 16.3. The van der Waals surface area contributed by atoms with E-state index in [-0.39, 0.29) is 18.7 Å². The number of aromatic nitrogens is 1. The number of carbonyl (C=O) groups is 1. The maximum Gasteiger partial charge on any atom is 0.279 e. The van der Waals surface area contributed by atoms with Gasteiger partial charge in [-0.05, 0) is 37.1 Å². The van der Waals surface area contributed by atoms with Crippen LogP contribution in [0.5, 0.6) is 11.5 Å². The highest BCUT2D eigenvalue weighted by atomic mass is 32.1. The lowest BCUT2D eigenvalue weighted by molar-refractivity contribution is -0.929. The second kappa shape index (κ2) is 7.41. The molecule has 0 aliphatic carbocycles. The number of benzene rings is 2. The van der Waals surface area contributed by atoms with Crippen molar-refractivity contribution in [2.75, 3.05) is 25.2 Å². The molecule has 0 spiro atoms. The second-order valence-corrected chi connectivity index (χ2v) is 8.33. The summed E-state index contributed by atoms with van der Waals surface area (Å²) in [4.78, 5) is 18.9. The Bertz CT molecular complexity index is 986. The van der Waals surface area contributed by atoms with Crippen LogP contribution < -0.4 is 19.7 Å². The molecule has 2 N–H and O–H groups in total. The smallest absolute Gasteiger partial charge is 0.279 e. The van der Waals surface area contributed by atoms with E-state index < -0.39 is 0 Å². The van der Waals surface area contributed by atoms with Gasteiger partial charge in [-0.1, -0.05) is 12.1 Å². The van der Waals surface area contributed by atoms with Gasteiger partial charge in [-0.15, -0.1) is 11.3 Å². The summed E-state index contributed by atoms with van der Waals surface area (Å²) in [5, 5.41) is 4.15.